The van der Waals surface area contributed by atoms with Crippen molar-refractivity contribution in [3.05, 3.63) is 58.5 Å². The Labute approximate surface area is 149 Å². The van der Waals surface area contributed by atoms with Crippen LogP contribution in [0.5, 0.6) is 0 Å². The number of anilines is 1. The van der Waals surface area contributed by atoms with E-state index in [1.165, 1.54) is 36.9 Å². The first-order valence-corrected chi connectivity index (χ1v) is 7.65. The van der Waals surface area contributed by atoms with E-state index < -0.39 is 23.5 Å². The third-order valence-electron chi connectivity index (χ3n) is 3.68. The van der Waals surface area contributed by atoms with E-state index in [1.54, 1.807) is 6.92 Å². The summed E-state index contributed by atoms with van der Waals surface area (Å²) in [5, 5.41) is 2.55. The minimum atomic E-state index is -0.996. The van der Waals surface area contributed by atoms with Gasteiger partial charge >= 0.3 is 5.97 Å². The lowest BCUT2D eigenvalue weighted by atomic mass is 10.1. The molecule has 1 amide bonds. The van der Waals surface area contributed by atoms with Gasteiger partial charge < -0.3 is 14.6 Å². The van der Waals surface area contributed by atoms with Gasteiger partial charge in [0.25, 0.3) is 11.7 Å². The first kappa shape index (κ1) is 18.9. The van der Waals surface area contributed by atoms with Crippen molar-refractivity contribution in [2.24, 2.45) is 7.05 Å². The van der Waals surface area contributed by atoms with Crippen LogP contribution < -0.4 is 5.32 Å². The molecule has 0 aliphatic carbocycles. The van der Waals surface area contributed by atoms with E-state index in [1.807, 2.05) is 0 Å². The molecule has 0 bridgehead atoms. The van der Waals surface area contributed by atoms with Gasteiger partial charge in [-0.05, 0) is 37.6 Å². The molecule has 0 aliphatic heterocycles. The molecule has 7 nitrogen and oxygen atoms in total. The van der Waals surface area contributed by atoms with Gasteiger partial charge in [-0.15, -0.1) is 0 Å². The van der Waals surface area contributed by atoms with Crippen LogP contribution in [0.15, 0.2) is 24.4 Å². The van der Waals surface area contributed by atoms with Crippen molar-refractivity contribution in [3.63, 3.8) is 0 Å². The molecule has 1 N–H and O–H groups in total. The number of halogens is 1. The largest absolute Gasteiger partial charge is 0.460 e. The molecule has 0 unspecified atom stereocenters. The lowest BCUT2D eigenvalue weighted by molar-refractivity contribution is -0.137. The summed E-state index contributed by atoms with van der Waals surface area (Å²) < 4.78 is 19.4. The Morgan fingerprint density at radius 1 is 1.35 bits per heavy atom. The summed E-state index contributed by atoms with van der Waals surface area (Å²) in [6, 6.07) is 3.62. The standard InChI is InChI=1S/C18H16FN3O4/c1-5-26-18(25)16(23)15-10(2)12(9-22(15)4)17(24)21-11-6-7-13(19)14(8-11)20-3/h6-9H,5H2,1-2,4H3,(H,21,24). The first-order chi connectivity index (χ1) is 12.3. The molecule has 0 radical (unpaired) electrons. The van der Waals surface area contributed by atoms with Crippen LogP contribution in [0.4, 0.5) is 15.8 Å². The molecule has 2 aromatic rings. The number of nitrogens with one attached hydrogen (secondary N) is 1. The average Bonchev–Trinajstić information content (AvgIpc) is 2.90. The van der Waals surface area contributed by atoms with Gasteiger partial charge in [0.1, 0.15) is 11.5 Å². The van der Waals surface area contributed by atoms with Crippen LogP contribution in [-0.4, -0.2) is 28.8 Å². The zero-order chi connectivity index (χ0) is 19.4. The lowest BCUT2D eigenvalue weighted by Gasteiger charge is -2.06. The van der Waals surface area contributed by atoms with Gasteiger partial charge in [-0.25, -0.2) is 14.0 Å². The maximum atomic E-state index is 13.4. The third-order valence-corrected chi connectivity index (χ3v) is 3.68. The number of ether oxygens (including phenoxy) is 1. The van der Waals surface area contributed by atoms with Crippen LogP contribution in [-0.2, 0) is 16.6 Å². The second-order valence-electron chi connectivity index (χ2n) is 5.41. The van der Waals surface area contributed by atoms with Gasteiger partial charge in [0.2, 0.25) is 5.69 Å². The molecule has 0 saturated heterocycles. The molecule has 26 heavy (non-hydrogen) atoms. The van der Waals surface area contributed by atoms with Crippen LogP contribution in [0.3, 0.4) is 0 Å². The number of ketones is 1. The average molecular weight is 357 g/mol. The minimum absolute atomic E-state index is 0.0505. The summed E-state index contributed by atoms with van der Waals surface area (Å²) in [5.74, 6) is -3.08. The summed E-state index contributed by atoms with van der Waals surface area (Å²) in [6.07, 6.45) is 1.41. The van der Waals surface area contributed by atoms with Gasteiger partial charge in [-0.2, -0.15) is 0 Å². The van der Waals surface area contributed by atoms with Crippen LogP contribution in [0.25, 0.3) is 4.85 Å². The summed E-state index contributed by atoms with van der Waals surface area (Å²) in [4.78, 5) is 39.4. The molecule has 1 heterocycles. The highest BCUT2D eigenvalue weighted by Crippen LogP contribution is 2.24. The number of esters is 1. The van der Waals surface area contributed by atoms with Crippen molar-refractivity contribution in [2.75, 3.05) is 11.9 Å². The summed E-state index contributed by atoms with van der Waals surface area (Å²) in [5.41, 5.74) is 0.564. The summed E-state index contributed by atoms with van der Waals surface area (Å²) >= 11 is 0. The number of aryl methyl sites for hydroxylation is 1. The second kappa shape index (κ2) is 7.61. The summed E-state index contributed by atoms with van der Waals surface area (Å²) in [6.45, 7) is 10.1. The number of nitrogens with zero attached hydrogens (tertiary/aromatic N) is 2. The Kier molecular flexibility index (Phi) is 5.52. The van der Waals surface area contributed by atoms with Gasteiger partial charge in [-0.3, -0.25) is 9.59 Å². The first-order valence-electron chi connectivity index (χ1n) is 7.65. The number of rotatable bonds is 5. The number of benzene rings is 1. The van der Waals surface area contributed by atoms with Gasteiger partial charge in [0.05, 0.1) is 18.7 Å². The highest BCUT2D eigenvalue weighted by molar-refractivity contribution is 6.40. The van der Waals surface area contributed by atoms with E-state index >= 15 is 0 Å². The van der Waals surface area contributed by atoms with Crippen LogP contribution in [0, 0.1) is 19.3 Å². The monoisotopic (exact) mass is 357 g/mol. The SMILES string of the molecule is [C-]#[N+]c1cc(NC(=O)c2cn(C)c(C(=O)C(=O)OCC)c2C)ccc1F. The molecule has 0 aliphatic rings. The molecule has 0 atom stereocenters. The molecule has 134 valence electrons. The zero-order valence-electron chi connectivity index (χ0n) is 14.4. The van der Waals surface area contributed by atoms with Crippen molar-refractivity contribution in [2.45, 2.75) is 13.8 Å². The lowest BCUT2D eigenvalue weighted by Crippen LogP contribution is -2.21. The number of carbonyl (C=O) groups is 3. The molecule has 0 fully saturated rings. The molecule has 0 spiro atoms. The normalized spacial score (nSPS) is 10.1. The maximum absolute atomic E-state index is 13.4. The number of amides is 1. The van der Waals surface area contributed by atoms with E-state index in [0.29, 0.717) is 5.56 Å². The number of hydrogen-bond donors (Lipinski definition) is 1. The van der Waals surface area contributed by atoms with E-state index in [-0.39, 0.29) is 29.2 Å². The highest BCUT2D eigenvalue weighted by Gasteiger charge is 2.26. The fourth-order valence-corrected chi connectivity index (χ4v) is 2.47. The quantitative estimate of drug-likeness (QED) is 0.386. The minimum Gasteiger partial charge on any atom is -0.460 e. The zero-order valence-corrected chi connectivity index (χ0v) is 14.4. The fraction of sp³-hybridized carbons (Fsp3) is 0.222. The number of carbonyl (C=O) groups excluding carboxylic acids is 3. The van der Waals surface area contributed by atoms with Crippen LogP contribution in [0.2, 0.25) is 0 Å². The second-order valence-corrected chi connectivity index (χ2v) is 5.41. The van der Waals surface area contributed by atoms with E-state index in [9.17, 15) is 18.8 Å². The number of hydrogen-bond acceptors (Lipinski definition) is 4. The van der Waals surface area contributed by atoms with Crippen molar-refractivity contribution in [1.29, 1.82) is 0 Å². The topological polar surface area (TPSA) is 81.8 Å². The Hall–Kier alpha value is -3.47. The van der Waals surface area contributed by atoms with E-state index in [4.69, 9.17) is 11.3 Å². The maximum Gasteiger partial charge on any atom is 0.381 e. The van der Waals surface area contributed by atoms with Gasteiger partial charge in [0.15, 0.2) is 0 Å². The van der Waals surface area contributed by atoms with E-state index in [2.05, 4.69) is 10.2 Å². The van der Waals surface area contributed by atoms with Crippen molar-refractivity contribution >= 4 is 29.0 Å². The van der Waals surface area contributed by atoms with Crippen molar-refractivity contribution in [3.8, 4) is 0 Å². The predicted molar refractivity (Wildman–Crippen MR) is 91.7 cm³/mol. The predicted octanol–water partition coefficient (Wildman–Crippen LogP) is 3.02. The smallest absolute Gasteiger partial charge is 0.381 e. The van der Waals surface area contributed by atoms with Crippen molar-refractivity contribution < 1.29 is 23.5 Å². The molecule has 1 aromatic heterocycles. The molecular formula is C18H16FN3O4. The third kappa shape index (κ3) is 3.62. The Bertz CT molecular complexity index is 941. The molecule has 2 rings (SSSR count). The van der Waals surface area contributed by atoms with Crippen LogP contribution in [0.1, 0.15) is 33.3 Å². The fourth-order valence-electron chi connectivity index (χ4n) is 2.47. The Morgan fingerprint density at radius 2 is 2.04 bits per heavy atom. The molecule has 0 saturated carbocycles. The number of Topliss-reactive ketones (excluding diaryl/α,β-unsaturated/α-hetero) is 1. The molecule has 8 heteroatoms. The van der Waals surface area contributed by atoms with Gasteiger partial charge in [-0.1, -0.05) is 0 Å². The van der Waals surface area contributed by atoms with Gasteiger partial charge in [0, 0.05) is 18.9 Å². The molecule has 1 aromatic carbocycles. The highest BCUT2D eigenvalue weighted by atomic mass is 19.1. The van der Waals surface area contributed by atoms with E-state index in [0.717, 1.165) is 6.07 Å². The van der Waals surface area contributed by atoms with Crippen molar-refractivity contribution in [1.82, 2.24) is 4.57 Å². The number of aromatic nitrogens is 1. The Morgan fingerprint density at radius 3 is 2.65 bits per heavy atom. The molecular weight excluding hydrogens is 341 g/mol. The summed E-state index contributed by atoms with van der Waals surface area (Å²) in [7, 11) is 1.53. The van der Waals surface area contributed by atoms with Crippen LogP contribution >= 0.6 is 0 Å². The Balaban J connectivity index is 2.31.